The number of benzene rings is 1. The molecule has 2 unspecified atom stereocenters. The first kappa shape index (κ1) is 14.8. The van der Waals surface area contributed by atoms with Gasteiger partial charge in [-0.1, -0.05) is 0 Å². The number of hydrogen-bond donors (Lipinski definition) is 2. The number of piperidine rings is 1. The Morgan fingerprint density at radius 3 is 2.55 bits per heavy atom. The van der Waals surface area contributed by atoms with Gasteiger partial charge in [0.15, 0.2) is 0 Å². The highest BCUT2D eigenvalue weighted by Gasteiger charge is 2.36. The molecule has 1 aromatic carbocycles. The summed E-state index contributed by atoms with van der Waals surface area (Å²) in [6.07, 6.45) is 4.33. The van der Waals surface area contributed by atoms with Gasteiger partial charge in [-0.15, -0.1) is 0 Å². The number of nitrogens with two attached hydrogens (primary N) is 1. The minimum Gasteiger partial charge on any atom is -0.366 e. The molecule has 0 saturated carbocycles. The maximum atomic E-state index is 11.3. The zero-order chi connectivity index (χ0) is 15.9. The van der Waals surface area contributed by atoms with E-state index in [9.17, 15) is 14.9 Å². The molecule has 2 aliphatic heterocycles. The fourth-order valence-electron chi connectivity index (χ4n) is 3.66. The molecule has 2 aliphatic rings. The summed E-state index contributed by atoms with van der Waals surface area (Å²) in [6.45, 7) is 0. The summed E-state index contributed by atoms with van der Waals surface area (Å²) >= 11 is 0. The van der Waals surface area contributed by atoms with Crippen molar-refractivity contribution in [3.05, 3.63) is 33.9 Å². The molecule has 7 heteroatoms. The Hall–Kier alpha value is -2.15. The summed E-state index contributed by atoms with van der Waals surface area (Å²) in [4.78, 5) is 24.1. The topological polar surface area (TPSA) is 102 Å². The van der Waals surface area contributed by atoms with Gasteiger partial charge < -0.3 is 16.0 Å². The van der Waals surface area contributed by atoms with Crippen LogP contribution in [-0.4, -0.2) is 36.0 Å². The normalized spacial score (nSPS) is 26.7. The lowest BCUT2D eigenvalue weighted by molar-refractivity contribution is -0.384. The molecule has 0 spiro atoms. The van der Waals surface area contributed by atoms with Gasteiger partial charge in [-0.25, -0.2) is 0 Å². The molecule has 2 saturated heterocycles. The number of anilines is 1. The van der Waals surface area contributed by atoms with Gasteiger partial charge in [0.1, 0.15) is 5.69 Å². The summed E-state index contributed by atoms with van der Waals surface area (Å²) in [7, 11) is 1.89. The number of amides is 1. The highest BCUT2D eigenvalue weighted by atomic mass is 16.6. The Morgan fingerprint density at radius 1 is 1.36 bits per heavy atom. The second-order valence-electron chi connectivity index (χ2n) is 6.20. The van der Waals surface area contributed by atoms with Crippen LogP contribution in [0.3, 0.4) is 0 Å². The van der Waals surface area contributed by atoms with E-state index in [4.69, 9.17) is 5.73 Å². The minimum atomic E-state index is -0.655. The van der Waals surface area contributed by atoms with Gasteiger partial charge in [0.2, 0.25) is 5.91 Å². The van der Waals surface area contributed by atoms with Gasteiger partial charge in [-0.3, -0.25) is 14.9 Å². The number of nitro benzene ring substituents is 1. The predicted octanol–water partition coefficient (Wildman–Crippen LogP) is 1.41. The van der Waals surface area contributed by atoms with Crippen LogP contribution >= 0.6 is 0 Å². The van der Waals surface area contributed by atoms with Crippen molar-refractivity contribution in [3.63, 3.8) is 0 Å². The fraction of sp³-hybridized carbons (Fsp3) is 0.533. The van der Waals surface area contributed by atoms with Crippen LogP contribution in [0.5, 0.6) is 0 Å². The molecule has 3 rings (SSSR count). The van der Waals surface area contributed by atoms with E-state index in [1.807, 2.05) is 11.9 Å². The molecular weight excluding hydrogens is 284 g/mol. The summed E-state index contributed by atoms with van der Waals surface area (Å²) in [5, 5.41) is 14.9. The van der Waals surface area contributed by atoms with Crippen molar-refractivity contribution in [1.29, 1.82) is 0 Å². The van der Waals surface area contributed by atoms with Crippen molar-refractivity contribution < 1.29 is 9.72 Å². The number of nitro groups is 1. The van der Waals surface area contributed by atoms with Crippen LogP contribution in [0.25, 0.3) is 0 Å². The van der Waals surface area contributed by atoms with Crippen molar-refractivity contribution in [2.45, 2.75) is 43.8 Å². The van der Waals surface area contributed by atoms with Gasteiger partial charge in [0, 0.05) is 36.8 Å². The van der Waals surface area contributed by atoms with Gasteiger partial charge in [-0.05, 0) is 37.8 Å². The van der Waals surface area contributed by atoms with Crippen molar-refractivity contribution >= 4 is 17.3 Å². The molecule has 22 heavy (non-hydrogen) atoms. The Bertz CT molecular complexity index is 607. The number of nitrogens with zero attached hydrogens (tertiary/aromatic N) is 2. The smallest absolute Gasteiger partial charge is 0.293 e. The first-order valence-corrected chi connectivity index (χ1v) is 7.53. The molecule has 7 nitrogen and oxygen atoms in total. The Balaban J connectivity index is 1.89. The first-order valence-electron chi connectivity index (χ1n) is 7.53. The van der Waals surface area contributed by atoms with Gasteiger partial charge in [0.25, 0.3) is 5.69 Å². The Labute approximate surface area is 128 Å². The lowest BCUT2D eigenvalue weighted by Gasteiger charge is -2.36. The molecule has 2 fully saturated rings. The van der Waals surface area contributed by atoms with Gasteiger partial charge >= 0.3 is 0 Å². The number of hydrogen-bond acceptors (Lipinski definition) is 5. The lowest BCUT2D eigenvalue weighted by Crippen LogP contribution is -2.47. The van der Waals surface area contributed by atoms with Crippen LogP contribution in [0.15, 0.2) is 18.2 Å². The third-order valence-electron chi connectivity index (χ3n) is 4.83. The van der Waals surface area contributed by atoms with Crippen LogP contribution < -0.4 is 16.0 Å². The maximum Gasteiger partial charge on any atom is 0.293 e. The van der Waals surface area contributed by atoms with E-state index in [-0.39, 0.29) is 17.3 Å². The third kappa shape index (κ3) is 2.64. The summed E-state index contributed by atoms with van der Waals surface area (Å²) < 4.78 is 0. The SMILES string of the molecule is CN(c1ccc(C(N)=O)cc1[N+](=O)[O-])C1CC2CCC(C1)N2. The average Bonchev–Trinajstić information content (AvgIpc) is 2.84. The van der Waals surface area contributed by atoms with E-state index >= 15 is 0 Å². The van der Waals surface area contributed by atoms with Crippen molar-refractivity contribution in [1.82, 2.24) is 5.32 Å². The van der Waals surface area contributed by atoms with Crippen LogP contribution in [0, 0.1) is 10.1 Å². The quantitative estimate of drug-likeness (QED) is 0.647. The van der Waals surface area contributed by atoms with Crippen molar-refractivity contribution in [2.24, 2.45) is 5.73 Å². The highest BCUT2D eigenvalue weighted by molar-refractivity contribution is 5.94. The van der Waals surface area contributed by atoms with Crippen molar-refractivity contribution in [3.8, 4) is 0 Å². The summed E-state index contributed by atoms with van der Waals surface area (Å²) in [6, 6.07) is 5.74. The molecule has 1 amide bonds. The first-order chi connectivity index (χ1) is 10.5. The van der Waals surface area contributed by atoms with Gasteiger partial charge in [-0.2, -0.15) is 0 Å². The average molecular weight is 304 g/mol. The lowest BCUT2D eigenvalue weighted by atomic mass is 9.97. The van der Waals surface area contributed by atoms with E-state index < -0.39 is 10.8 Å². The number of carbonyl (C=O) groups excluding carboxylic acids is 1. The summed E-state index contributed by atoms with van der Waals surface area (Å²) in [5.41, 5.74) is 5.85. The van der Waals surface area contributed by atoms with E-state index in [0.29, 0.717) is 17.8 Å². The molecule has 3 N–H and O–H groups in total. The molecule has 0 radical (unpaired) electrons. The van der Waals surface area contributed by atoms with E-state index in [1.54, 1.807) is 12.1 Å². The number of carbonyl (C=O) groups is 1. The largest absolute Gasteiger partial charge is 0.366 e. The van der Waals surface area contributed by atoms with Crippen molar-refractivity contribution in [2.75, 3.05) is 11.9 Å². The van der Waals surface area contributed by atoms with Crippen LogP contribution in [-0.2, 0) is 0 Å². The molecule has 2 atom stereocenters. The number of fused-ring (bicyclic) bond motifs is 2. The molecule has 2 bridgehead atoms. The number of nitrogens with one attached hydrogen (secondary N) is 1. The summed E-state index contributed by atoms with van der Waals surface area (Å²) in [5.74, 6) is -0.655. The monoisotopic (exact) mass is 304 g/mol. The minimum absolute atomic E-state index is 0.0651. The maximum absolute atomic E-state index is 11.3. The van der Waals surface area contributed by atoms with Gasteiger partial charge in [0.05, 0.1) is 4.92 Å². The van der Waals surface area contributed by atoms with E-state index in [1.165, 1.54) is 18.9 Å². The second kappa shape index (κ2) is 5.57. The van der Waals surface area contributed by atoms with E-state index in [2.05, 4.69) is 5.32 Å². The van der Waals surface area contributed by atoms with Crippen LogP contribution in [0.1, 0.15) is 36.0 Å². The van der Waals surface area contributed by atoms with E-state index in [0.717, 1.165) is 12.8 Å². The highest BCUT2D eigenvalue weighted by Crippen LogP contribution is 2.35. The molecule has 0 aliphatic carbocycles. The number of primary amides is 1. The standard InChI is InChI=1S/C15H20N4O3/c1-18(12-7-10-3-4-11(8-12)17-10)13-5-2-9(15(16)20)6-14(13)19(21)22/h2,5-6,10-12,17H,3-4,7-8H2,1H3,(H2,16,20). The van der Waals surface area contributed by atoms with Crippen LogP contribution in [0.4, 0.5) is 11.4 Å². The Kier molecular flexibility index (Phi) is 3.74. The molecular formula is C15H20N4O3. The zero-order valence-corrected chi connectivity index (χ0v) is 12.5. The second-order valence-corrected chi connectivity index (χ2v) is 6.20. The number of rotatable bonds is 4. The Morgan fingerprint density at radius 2 is 2.00 bits per heavy atom. The molecule has 0 aromatic heterocycles. The molecule has 2 heterocycles. The fourth-order valence-corrected chi connectivity index (χ4v) is 3.66. The molecule has 118 valence electrons. The predicted molar refractivity (Wildman–Crippen MR) is 83.0 cm³/mol. The van der Waals surface area contributed by atoms with Crippen LogP contribution in [0.2, 0.25) is 0 Å². The zero-order valence-electron chi connectivity index (χ0n) is 12.5. The molecule has 1 aromatic rings. The third-order valence-corrected chi connectivity index (χ3v) is 4.83.